The molecule has 0 aliphatic carbocycles. The molecule has 0 aliphatic heterocycles. The van der Waals surface area contributed by atoms with Gasteiger partial charge in [0.2, 0.25) is 4.80 Å². The SMILES string of the molecule is CN=c1scc(-c2ccc3cc(OC)ccc3c2)n1N=C(C)c1ccc(OC)c(OC)c1. The van der Waals surface area contributed by atoms with Crippen molar-refractivity contribution in [3.05, 3.63) is 70.3 Å². The first-order valence-electron chi connectivity index (χ1n) is 10.1. The standard InChI is InChI=1S/C25H25N3O3S/c1-16(17-9-11-23(30-4)24(14-17)31-5)27-28-22(15-32-25(28)26-2)20-7-6-19-13-21(29-3)10-8-18(19)12-20/h6-15H,1-5H3. The van der Waals surface area contributed by atoms with Crippen molar-refractivity contribution >= 4 is 27.8 Å². The van der Waals surface area contributed by atoms with Gasteiger partial charge in [0.05, 0.1) is 32.7 Å². The van der Waals surface area contributed by atoms with Gasteiger partial charge < -0.3 is 14.2 Å². The van der Waals surface area contributed by atoms with Crippen molar-refractivity contribution in [1.82, 2.24) is 4.68 Å². The summed E-state index contributed by atoms with van der Waals surface area (Å²) < 4.78 is 18.0. The van der Waals surface area contributed by atoms with Crippen LogP contribution in [-0.2, 0) is 0 Å². The van der Waals surface area contributed by atoms with E-state index in [-0.39, 0.29) is 0 Å². The molecule has 0 amide bonds. The number of nitrogens with zero attached hydrogens (tertiary/aromatic N) is 3. The van der Waals surface area contributed by atoms with E-state index in [2.05, 4.69) is 34.6 Å². The Morgan fingerprint density at radius 1 is 0.844 bits per heavy atom. The highest BCUT2D eigenvalue weighted by atomic mass is 32.1. The number of thiazole rings is 1. The van der Waals surface area contributed by atoms with Gasteiger partial charge in [0.25, 0.3) is 0 Å². The minimum absolute atomic E-state index is 0.667. The van der Waals surface area contributed by atoms with Crippen LogP contribution in [0.5, 0.6) is 17.2 Å². The van der Waals surface area contributed by atoms with Crippen LogP contribution in [0.4, 0.5) is 0 Å². The first kappa shape index (κ1) is 21.6. The topological polar surface area (TPSA) is 57.3 Å². The van der Waals surface area contributed by atoms with Crippen molar-refractivity contribution in [2.75, 3.05) is 28.4 Å². The van der Waals surface area contributed by atoms with Gasteiger partial charge in [0, 0.05) is 23.6 Å². The molecule has 0 N–H and O–H groups in total. The highest BCUT2D eigenvalue weighted by Gasteiger charge is 2.11. The Balaban J connectivity index is 1.80. The molecule has 3 aromatic carbocycles. The highest BCUT2D eigenvalue weighted by Crippen LogP contribution is 2.29. The van der Waals surface area contributed by atoms with Crippen LogP contribution >= 0.6 is 11.3 Å². The number of benzene rings is 3. The van der Waals surface area contributed by atoms with E-state index in [0.717, 1.165) is 43.9 Å². The molecule has 0 saturated carbocycles. The first-order valence-corrected chi connectivity index (χ1v) is 11.0. The van der Waals surface area contributed by atoms with Crippen LogP contribution < -0.4 is 19.0 Å². The molecule has 0 spiro atoms. The van der Waals surface area contributed by atoms with E-state index in [4.69, 9.17) is 19.3 Å². The highest BCUT2D eigenvalue weighted by molar-refractivity contribution is 7.07. The average molecular weight is 448 g/mol. The molecule has 164 valence electrons. The number of hydrogen-bond donors (Lipinski definition) is 0. The molecule has 0 saturated heterocycles. The van der Waals surface area contributed by atoms with Crippen LogP contribution in [0.15, 0.2) is 70.1 Å². The van der Waals surface area contributed by atoms with Gasteiger partial charge >= 0.3 is 0 Å². The molecule has 0 atom stereocenters. The van der Waals surface area contributed by atoms with E-state index in [1.165, 1.54) is 0 Å². The normalized spacial score (nSPS) is 12.3. The number of fused-ring (bicyclic) bond motifs is 1. The van der Waals surface area contributed by atoms with Gasteiger partial charge in [-0.1, -0.05) is 18.2 Å². The fourth-order valence-electron chi connectivity index (χ4n) is 3.52. The zero-order chi connectivity index (χ0) is 22.7. The maximum absolute atomic E-state index is 5.45. The summed E-state index contributed by atoms with van der Waals surface area (Å²) in [4.78, 5) is 5.24. The third kappa shape index (κ3) is 4.11. The lowest BCUT2D eigenvalue weighted by Gasteiger charge is -2.10. The summed E-state index contributed by atoms with van der Waals surface area (Å²) in [6.07, 6.45) is 0. The Hall–Kier alpha value is -3.58. The van der Waals surface area contributed by atoms with Crippen molar-refractivity contribution in [3.8, 4) is 28.5 Å². The van der Waals surface area contributed by atoms with Crippen molar-refractivity contribution in [3.63, 3.8) is 0 Å². The number of aromatic nitrogens is 1. The van der Waals surface area contributed by atoms with E-state index in [9.17, 15) is 0 Å². The summed E-state index contributed by atoms with van der Waals surface area (Å²) in [6, 6.07) is 18.2. The second-order valence-electron chi connectivity index (χ2n) is 7.12. The number of methoxy groups -OCH3 is 3. The second-order valence-corrected chi connectivity index (χ2v) is 7.96. The van der Waals surface area contributed by atoms with Gasteiger partial charge in [-0.2, -0.15) is 5.10 Å². The summed E-state index contributed by atoms with van der Waals surface area (Å²) in [6.45, 7) is 1.97. The quantitative estimate of drug-likeness (QED) is 0.382. The molecule has 0 fully saturated rings. The van der Waals surface area contributed by atoms with E-state index >= 15 is 0 Å². The van der Waals surface area contributed by atoms with Crippen molar-refractivity contribution in [1.29, 1.82) is 0 Å². The molecule has 32 heavy (non-hydrogen) atoms. The predicted molar refractivity (Wildman–Crippen MR) is 130 cm³/mol. The van der Waals surface area contributed by atoms with Gasteiger partial charge in [-0.3, -0.25) is 4.99 Å². The Kier molecular flexibility index (Phi) is 6.28. The van der Waals surface area contributed by atoms with Crippen LogP contribution in [0.1, 0.15) is 12.5 Å². The summed E-state index contributed by atoms with van der Waals surface area (Å²) in [5, 5.41) is 9.25. The van der Waals surface area contributed by atoms with Gasteiger partial charge in [-0.15, -0.1) is 11.3 Å². The van der Waals surface area contributed by atoms with Crippen LogP contribution in [0.2, 0.25) is 0 Å². The third-order valence-electron chi connectivity index (χ3n) is 5.27. The Labute approximate surface area is 191 Å². The fourth-order valence-corrected chi connectivity index (χ4v) is 4.32. The predicted octanol–water partition coefficient (Wildman–Crippen LogP) is 5.20. The van der Waals surface area contributed by atoms with E-state index < -0.39 is 0 Å². The molecule has 0 aliphatic rings. The van der Waals surface area contributed by atoms with Crippen molar-refractivity contribution in [2.45, 2.75) is 6.92 Å². The summed E-state index contributed by atoms with van der Waals surface area (Å²) in [5.74, 6) is 2.20. The lowest BCUT2D eigenvalue weighted by molar-refractivity contribution is 0.355. The zero-order valence-corrected chi connectivity index (χ0v) is 19.6. The van der Waals surface area contributed by atoms with Crippen LogP contribution in [0, 0.1) is 0 Å². The Bertz CT molecular complexity index is 1370. The molecule has 0 unspecified atom stereocenters. The van der Waals surface area contributed by atoms with Gasteiger partial charge in [0.1, 0.15) is 5.75 Å². The number of rotatable bonds is 6. The van der Waals surface area contributed by atoms with Gasteiger partial charge in [-0.05, 0) is 54.1 Å². The van der Waals surface area contributed by atoms with Crippen LogP contribution in [-0.4, -0.2) is 38.8 Å². The zero-order valence-electron chi connectivity index (χ0n) is 18.7. The minimum atomic E-state index is 0.667. The number of ether oxygens (including phenoxy) is 3. The maximum Gasteiger partial charge on any atom is 0.205 e. The third-order valence-corrected chi connectivity index (χ3v) is 6.18. The van der Waals surface area contributed by atoms with Crippen LogP contribution in [0.25, 0.3) is 22.0 Å². The first-order chi connectivity index (χ1) is 15.6. The van der Waals surface area contributed by atoms with Crippen molar-refractivity contribution < 1.29 is 14.2 Å². The van der Waals surface area contributed by atoms with E-state index in [1.54, 1.807) is 39.7 Å². The molecule has 1 heterocycles. The Morgan fingerprint density at radius 3 is 2.31 bits per heavy atom. The van der Waals surface area contributed by atoms with Crippen molar-refractivity contribution in [2.24, 2.45) is 10.1 Å². The van der Waals surface area contributed by atoms with Gasteiger partial charge in [-0.25, -0.2) is 4.68 Å². The second kappa shape index (κ2) is 9.28. The summed E-state index contributed by atoms with van der Waals surface area (Å²) >= 11 is 1.56. The number of hydrogen-bond acceptors (Lipinski definition) is 6. The summed E-state index contributed by atoms with van der Waals surface area (Å²) in [5.41, 5.74) is 3.83. The monoisotopic (exact) mass is 447 g/mol. The largest absolute Gasteiger partial charge is 0.497 e. The molecule has 6 nitrogen and oxygen atoms in total. The molecule has 4 aromatic rings. The maximum atomic E-state index is 5.45. The lowest BCUT2D eigenvalue weighted by Crippen LogP contribution is -2.13. The summed E-state index contributed by atoms with van der Waals surface area (Å²) in [7, 11) is 6.71. The smallest absolute Gasteiger partial charge is 0.205 e. The van der Waals surface area contributed by atoms with Crippen LogP contribution in [0.3, 0.4) is 0 Å². The molecule has 7 heteroatoms. The fraction of sp³-hybridized carbons (Fsp3) is 0.200. The average Bonchev–Trinajstić information content (AvgIpc) is 3.25. The van der Waals surface area contributed by atoms with Gasteiger partial charge in [0.15, 0.2) is 11.5 Å². The van der Waals surface area contributed by atoms with E-state index in [0.29, 0.717) is 11.5 Å². The molecule has 0 bridgehead atoms. The Morgan fingerprint density at radius 2 is 1.59 bits per heavy atom. The lowest BCUT2D eigenvalue weighted by atomic mass is 10.1. The minimum Gasteiger partial charge on any atom is -0.497 e. The molecule has 4 rings (SSSR count). The molecule has 0 radical (unpaired) electrons. The van der Waals surface area contributed by atoms with E-state index in [1.807, 2.05) is 41.9 Å². The molecular formula is C25H25N3O3S. The molecule has 1 aromatic heterocycles. The molecular weight excluding hydrogens is 422 g/mol.